The van der Waals surface area contributed by atoms with E-state index in [0.29, 0.717) is 10.9 Å². The lowest BCUT2D eigenvalue weighted by atomic mass is 9.80. The fourth-order valence-electron chi connectivity index (χ4n) is 2.77. The molecule has 18 heavy (non-hydrogen) atoms. The summed E-state index contributed by atoms with van der Waals surface area (Å²) in [5.41, 5.74) is 3.32. The molecule has 0 saturated carbocycles. The van der Waals surface area contributed by atoms with Gasteiger partial charge >= 0.3 is 0 Å². The van der Waals surface area contributed by atoms with Crippen LogP contribution in [-0.4, -0.2) is 24.0 Å². The molecule has 0 aromatic heterocycles. The van der Waals surface area contributed by atoms with Gasteiger partial charge in [-0.15, -0.1) is 0 Å². The van der Waals surface area contributed by atoms with Crippen molar-refractivity contribution in [3.05, 3.63) is 28.3 Å². The summed E-state index contributed by atoms with van der Waals surface area (Å²) >= 11 is 6.22. The zero-order valence-electron chi connectivity index (χ0n) is 11.2. The van der Waals surface area contributed by atoms with Gasteiger partial charge in [-0.05, 0) is 43.9 Å². The number of halogens is 1. The summed E-state index contributed by atoms with van der Waals surface area (Å²) in [5, 5.41) is 12.3. The van der Waals surface area contributed by atoms with Crippen molar-refractivity contribution < 1.29 is 5.21 Å². The van der Waals surface area contributed by atoms with E-state index in [2.05, 4.69) is 37.9 Å². The van der Waals surface area contributed by atoms with Crippen LogP contribution in [0.25, 0.3) is 0 Å². The van der Waals surface area contributed by atoms with Gasteiger partial charge in [-0.3, -0.25) is 0 Å². The average Bonchev–Trinajstić information content (AvgIpc) is 2.28. The highest BCUT2D eigenvalue weighted by atomic mass is 35.5. The molecule has 0 amide bonds. The molecule has 0 fully saturated rings. The number of hydrogen-bond donors (Lipinski definition) is 1. The van der Waals surface area contributed by atoms with E-state index in [4.69, 9.17) is 16.8 Å². The summed E-state index contributed by atoms with van der Waals surface area (Å²) in [6.45, 7) is 6.70. The van der Waals surface area contributed by atoms with Crippen molar-refractivity contribution in [2.24, 2.45) is 5.16 Å². The van der Waals surface area contributed by atoms with Gasteiger partial charge in [0.15, 0.2) is 0 Å². The van der Waals surface area contributed by atoms with E-state index in [1.807, 2.05) is 12.1 Å². The van der Waals surface area contributed by atoms with Gasteiger partial charge in [0.1, 0.15) is 0 Å². The number of benzene rings is 1. The van der Waals surface area contributed by atoms with Crippen LogP contribution >= 0.6 is 11.6 Å². The Hall–Kier alpha value is -1.22. The van der Waals surface area contributed by atoms with Crippen molar-refractivity contribution in [3.8, 4) is 0 Å². The molecule has 0 saturated heterocycles. The third kappa shape index (κ3) is 2.07. The van der Waals surface area contributed by atoms with Crippen LogP contribution in [0, 0.1) is 0 Å². The van der Waals surface area contributed by atoms with E-state index in [-0.39, 0.29) is 5.54 Å². The van der Waals surface area contributed by atoms with Gasteiger partial charge in [0.2, 0.25) is 0 Å². The second-order valence-corrected chi connectivity index (χ2v) is 6.06. The summed E-state index contributed by atoms with van der Waals surface area (Å²) in [7, 11) is 2.10. The zero-order valence-corrected chi connectivity index (χ0v) is 12.0. The van der Waals surface area contributed by atoms with Crippen molar-refractivity contribution in [2.75, 3.05) is 11.9 Å². The topological polar surface area (TPSA) is 35.8 Å². The number of nitrogens with zero attached hydrogens (tertiary/aromatic N) is 2. The molecule has 0 aliphatic carbocycles. The van der Waals surface area contributed by atoms with Gasteiger partial charge in [0, 0.05) is 23.8 Å². The Morgan fingerprint density at radius 3 is 2.78 bits per heavy atom. The van der Waals surface area contributed by atoms with Gasteiger partial charge in [-0.1, -0.05) is 23.7 Å². The standard InChI is InChI=1S/C14H19ClN2O/c1-9-7-14(2,3)17(4)13-6-12(15)10(8-16-18)5-11(9)13/h5-6,8-9,18H,7H2,1-4H3/t9-/m0/s1. The number of fused-ring (bicyclic) bond motifs is 1. The smallest absolute Gasteiger partial charge is 0.0748 e. The van der Waals surface area contributed by atoms with Gasteiger partial charge < -0.3 is 10.1 Å². The molecule has 98 valence electrons. The van der Waals surface area contributed by atoms with Gasteiger partial charge in [0.05, 0.1) is 11.2 Å². The minimum atomic E-state index is 0.127. The molecule has 4 heteroatoms. The molecule has 1 aromatic rings. The summed E-state index contributed by atoms with van der Waals surface area (Å²) in [4.78, 5) is 2.27. The molecule has 1 atom stereocenters. The highest BCUT2D eigenvalue weighted by Gasteiger charge is 2.34. The molecule has 1 aliphatic heterocycles. The molecular formula is C14H19ClN2O. The third-order valence-corrected chi connectivity index (χ3v) is 4.28. The quantitative estimate of drug-likeness (QED) is 0.476. The first-order valence-electron chi connectivity index (χ1n) is 6.11. The SMILES string of the molecule is C[C@H]1CC(C)(C)N(C)c2cc(Cl)c(C=NO)cc21. The molecule has 1 N–H and O–H groups in total. The summed E-state index contributed by atoms with van der Waals surface area (Å²) in [6.07, 6.45) is 2.48. The molecule has 0 unspecified atom stereocenters. The van der Waals surface area contributed by atoms with Crippen molar-refractivity contribution in [1.29, 1.82) is 0 Å². The fourth-order valence-corrected chi connectivity index (χ4v) is 2.97. The molecule has 1 aliphatic rings. The maximum atomic E-state index is 8.65. The minimum Gasteiger partial charge on any atom is -0.411 e. The zero-order chi connectivity index (χ0) is 13.5. The van der Waals surface area contributed by atoms with Crippen LogP contribution in [0.5, 0.6) is 0 Å². The molecule has 1 aromatic carbocycles. The Kier molecular flexibility index (Phi) is 3.28. The molecule has 0 radical (unpaired) electrons. The van der Waals surface area contributed by atoms with E-state index in [1.54, 1.807) is 0 Å². The molecule has 3 nitrogen and oxygen atoms in total. The Morgan fingerprint density at radius 1 is 1.50 bits per heavy atom. The average molecular weight is 267 g/mol. The maximum Gasteiger partial charge on any atom is 0.0748 e. The van der Waals surface area contributed by atoms with Crippen LogP contribution in [0.4, 0.5) is 5.69 Å². The fraction of sp³-hybridized carbons (Fsp3) is 0.500. The minimum absolute atomic E-state index is 0.127. The summed E-state index contributed by atoms with van der Waals surface area (Å²) in [5.74, 6) is 0.467. The van der Waals surface area contributed by atoms with Crippen molar-refractivity contribution in [2.45, 2.75) is 38.6 Å². The van der Waals surface area contributed by atoms with Crippen molar-refractivity contribution in [3.63, 3.8) is 0 Å². The second-order valence-electron chi connectivity index (χ2n) is 5.65. The van der Waals surface area contributed by atoms with E-state index in [9.17, 15) is 0 Å². The first-order valence-corrected chi connectivity index (χ1v) is 6.49. The number of oxime groups is 1. The summed E-state index contributed by atoms with van der Waals surface area (Å²) in [6, 6.07) is 3.99. The lowest BCUT2D eigenvalue weighted by molar-refractivity contribution is 0.322. The largest absolute Gasteiger partial charge is 0.411 e. The lowest BCUT2D eigenvalue weighted by Crippen LogP contribution is -2.45. The highest BCUT2D eigenvalue weighted by Crippen LogP contribution is 2.43. The number of anilines is 1. The van der Waals surface area contributed by atoms with E-state index >= 15 is 0 Å². The van der Waals surface area contributed by atoms with Crippen LogP contribution in [0.1, 0.15) is 44.2 Å². The van der Waals surface area contributed by atoms with Crippen LogP contribution in [0.15, 0.2) is 17.3 Å². The van der Waals surface area contributed by atoms with Crippen LogP contribution in [0.2, 0.25) is 5.02 Å². The van der Waals surface area contributed by atoms with Gasteiger partial charge in [0.25, 0.3) is 0 Å². The predicted octanol–water partition coefficient (Wildman–Crippen LogP) is 3.87. The first-order chi connectivity index (χ1) is 8.36. The highest BCUT2D eigenvalue weighted by molar-refractivity contribution is 6.33. The normalized spacial score (nSPS) is 22.3. The Morgan fingerprint density at radius 2 is 2.17 bits per heavy atom. The molecular weight excluding hydrogens is 248 g/mol. The monoisotopic (exact) mass is 266 g/mol. The predicted molar refractivity (Wildman–Crippen MR) is 76.3 cm³/mol. The van der Waals surface area contributed by atoms with Crippen molar-refractivity contribution >= 4 is 23.5 Å². The van der Waals surface area contributed by atoms with Crippen molar-refractivity contribution in [1.82, 2.24) is 0 Å². The Bertz CT molecular complexity index is 497. The molecule has 0 spiro atoms. The second kappa shape index (κ2) is 4.47. The first kappa shape index (κ1) is 13.2. The number of rotatable bonds is 1. The number of hydrogen-bond acceptors (Lipinski definition) is 3. The van der Waals surface area contributed by atoms with Crippen LogP contribution < -0.4 is 4.90 Å². The van der Waals surface area contributed by atoms with E-state index < -0.39 is 0 Å². The lowest BCUT2D eigenvalue weighted by Gasteiger charge is -2.45. The third-order valence-electron chi connectivity index (χ3n) is 3.95. The van der Waals surface area contributed by atoms with Crippen LogP contribution in [0.3, 0.4) is 0 Å². The van der Waals surface area contributed by atoms with E-state index in [1.165, 1.54) is 17.5 Å². The maximum absolute atomic E-state index is 8.65. The summed E-state index contributed by atoms with van der Waals surface area (Å²) < 4.78 is 0. The van der Waals surface area contributed by atoms with Crippen LogP contribution in [-0.2, 0) is 0 Å². The molecule has 1 heterocycles. The Labute approximate surface area is 113 Å². The Balaban J connectivity index is 2.58. The van der Waals surface area contributed by atoms with E-state index in [0.717, 1.165) is 12.0 Å². The molecule has 0 bridgehead atoms. The van der Waals surface area contributed by atoms with Gasteiger partial charge in [-0.2, -0.15) is 0 Å². The molecule has 2 rings (SSSR count). The van der Waals surface area contributed by atoms with Gasteiger partial charge in [-0.25, -0.2) is 0 Å².